The third-order valence-electron chi connectivity index (χ3n) is 4.93. The first-order valence-electron chi connectivity index (χ1n) is 9.72. The van der Waals surface area contributed by atoms with Crippen LogP contribution in [0.25, 0.3) is 22.0 Å². The van der Waals surface area contributed by atoms with E-state index in [1.807, 2.05) is 13.8 Å². The Hall–Kier alpha value is -3.82. The highest BCUT2D eigenvalue weighted by molar-refractivity contribution is 6.06. The normalized spacial score (nSPS) is 11.8. The Bertz CT molecular complexity index is 1270. The van der Waals surface area contributed by atoms with Gasteiger partial charge in [-0.1, -0.05) is 0 Å². The number of halogens is 4. The Labute approximate surface area is 180 Å². The van der Waals surface area contributed by atoms with Gasteiger partial charge in [0, 0.05) is 40.6 Å². The summed E-state index contributed by atoms with van der Waals surface area (Å²) in [5, 5.41) is 9.91. The second-order valence-corrected chi connectivity index (χ2v) is 7.54. The van der Waals surface area contributed by atoms with Crippen LogP contribution >= 0.6 is 0 Å². The number of hydrogen-bond donors (Lipinski definition) is 3. The van der Waals surface area contributed by atoms with E-state index in [0.717, 1.165) is 24.3 Å². The van der Waals surface area contributed by atoms with Gasteiger partial charge < -0.3 is 15.6 Å². The van der Waals surface area contributed by atoms with Crippen molar-refractivity contribution in [3.8, 4) is 11.1 Å². The topological polar surface area (TPSA) is 74.7 Å². The third-order valence-corrected chi connectivity index (χ3v) is 4.93. The van der Waals surface area contributed by atoms with E-state index in [-0.39, 0.29) is 11.7 Å². The number of nitrogens with zero attached hydrogens (tertiary/aromatic N) is 2. The molecule has 0 bridgehead atoms. The van der Waals surface area contributed by atoms with Gasteiger partial charge in [-0.15, -0.1) is 0 Å². The summed E-state index contributed by atoms with van der Waals surface area (Å²) in [6.07, 6.45) is 0.370. The first kappa shape index (κ1) is 21.4. The average Bonchev–Trinajstić information content (AvgIpc) is 3.34. The molecule has 6 nitrogen and oxygen atoms in total. The lowest BCUT2D eigenvalue weighted by molar-refractivity contribution is -0.137. The standard InChI is InChI=1S/C22H19F4N5O/c1-12(2)31-11-13(9-28-31)16-7-17-19(8-18(16)23)27-10-20(17)30-21(32)29-15-5-3-14(4-6-15)22(24,25)26/h3-12,27H,1-2H3,(H2,29,30,32). The molecule has 0 spiro atoms. The van der Waals surface area contributed by atoms with Crippen molar-refractivity contribution in [2.45, 2.75) is 26.1 Å². The van der Waals surface area contributed by atoms with Crippen LogP contribution in [0, 0.1) is 5.82 Å². The van der Waals surface area contributed by atoms with Crippen molar-refractivity contribution in [2.24, 2.45) is 0 Å². The van der Waals surface area contributed by atoms with Crippen LogP contribution in [-0.4, -0.2) is 20.8 Å². The van der Waals surface area contributed by atoms with E-state index in [1.54, 1.807) is 23.1 Å². The number of fused-ring (bicyclic) bond motifs is 1. The molecule has 4 aromatic rings. The molecule has 2 amide bonds. The molecule has 0 aliphatic rings. The van der Waals surface area contributed by atoms with Gasteiger partial charge >= 0.3 is 12.2 Å². The SMILES string of the molecule is CC(C)n1cc(-c2cc3c(NC(=O)Nc4ccc(C(F)(F)F)cc4)c[nH]c3cc2F)cn1. The Balaban J connectivity index is 1.56. The summed E-state index contributed by atoms with van der Waals surface area (Å²) >= 11 is 0. The Morgan fingerprint density at radius 2 is 1.84 bits per heavy atom. The van der Waals surface area contributed by atoms with Gasteiger partial charge in [-0.3, -0.25) is 4.68 Å². The molecule has 0 saturated carbocycles. The quantitative estimate of drug-likeness (QED) is 0.317. The van der Waals surface area contributed by atoms with Gasteiger partial charge in [-0.05, 0) is 50.2 Å². The zero-order valence-electron chi connectivity index (χ0n) is 17.1. The van der Waals surface area contributed by atoms with E-state index >= 15 is 0 Å². The van der Waals surface area contributed by atoms with Crippen LogP contribution in [0.4, 0.5) is 33.7 Å². The summed E-state index contributed by atoms with van der Waals surface area (Å²) < 4.78 is 54.4. The number of carbonyl (C=O) groups excluding carboxylic acids is 1. The molecule has 2 heterocycles. The largest absolute Gasteiger partial charge is 0.416 e. The van der Waals surface area contributed by atoms with E-state index < -0.39 is 23.6 Å². The van der Waals surface area contributed by atoms with Crippen molar-refractivity contribution < 1.29 is 22.4 Å². The number of nitrogens with one attached hydrogen (secondary N) is 3. The fourth-order valence-corrected chi connectivity index (χ4v) is 3.25. The minimum absolute atomic E-state index is 0.119. The molecule has 0 aliphatic heterocycles. The first-order valence-corrected chi connectivity index (χ1v) is 9.72. The number of rotatable bonds is 4. The molecule has 10 heteroatoms. The van der Waals surface area contributed by atoms with Crippen LogP contribution in [0.1, 0.15) is 25.5 Å². The number of anilines is 2. The maximum absolute atomic E-state index is 14.7. The zero-order chi connectivity index (χ0) is 23.0. The fraction of sp³-hybridized carbons (Fsp3) is 0.182. The second kappa shape index (κ2) is 8.03. The zero-order valence-corrected chi connectivity index (χ0v) is 17.1. The summed E-state index contributed by atoms with van der Waals surface area (Å²) in [7, 11) is 0. The molecule has 166 valence electrons. The predicted molar refractivity (Wildman–Crippen MR) is 114 cm³/mol. The molecule has 0 atom stereocenters. The lowest BCUT2D eigenvalue weighted by Crippen LogP contribution is -2.19. The number of urea groups is 1. The van der Waals surface area contributed by atoms with Crippen molar-refractivity contribution in [1.29, 1.82) is 0 Å². The number of benzene rings is 2. The van der Waals surface area contributed by atoms with E-state index in [4.69, 9.17) is 0 Å². The van der Waals surface area contributed by atoms with Crippen molar-refractivity contribution in [3.63, 3.8) is 0 Å². The van der Waals surface area contributed by atoms with Gasteiger partial charge in [0.25, 0.3) is 0 Å². The maximum atomic E-state index is 14.7. The Morgan fingerprint density at radius 3 is 2.47 bits per heavy atom. The molecule has 3 N–H and O–H groups in total. The highest BCUT2D eigenvalue weighted by Gasteiger charge is 2.30. The van der Waals surface area contributed by atoms with E-state index in [2.05, 4.69) is 20.7 Å². The summed E-state index contributed by atoms with van der Waals surface area (Å²) in [5.74, 6) is -0.441. The maximum Gasteiger partial charge on any atom is 0.416 e. The van der Waals surface area contributed by atoms with Crippen LogP contribution in [0.2, 0.25) is 0 Å². The first-order chi connectivity index (χ1) is 15.1. The van der Waals surface area contributed by atoms with Gasteiger partial charge in [0.1, 0.15) is 5.82 Å². The van der Waals surface area contributed by atoms with E-state index in [9.17, 15) is 22.4 Å². The highest BCUT2D eigenvalue weighted by atomic mass is 19.4. The third kappa shape index (κ3) is 4.29. The fourth-order valence-electron chi connectivity index (χ4n) is 3.25. The second-order valence-electron chi connectivity index (χ2n) is 7.54. The van der Waals surface area contributed by atoms with E-state index in [1.165, 1.54) is 12.3 Å². The molecular formula is C22H19F4N5O. The van der Waals surface area contributed by atoms with Crippen LogP contribution in [-0.2, 0) is 6.18 Å². The molecular weight excluding hydrogens is 426 g/mol. The summed E-state index contributed by atoms with van der Waals surface area (Å²) in [6.45, 7) is 3.92. The predicted octanol–water partition coefficient (Wildman–Crippen LogP) is 6.41. The number of carbonyl (C=O) groups is 1. The Kier molecular flexibility index (Phi) is 5.37. The average molecular weight is 445 g/mol. The molecule has 0 aliphatic carbocycles. The van der Waals surface area contributed by atoms with Crippen LogP contribution in [0.3, 0.4) is 0 Å². The van der Waals surface area contributed by atoms with Crippen molar-refractivity contribution >= 4 is 28.3 Å². The molecule has 0 unspecified atom stereocenters. The number of hydrogen-bond acceptors (Lipinski definition) is 2. The lowest BCUT2D eigenvalue weighted by Gasteiger charge is -2.10. The van der Waals surface area contributed by atoms with Crippen molar-refractivity contribution in [1.82, 2.24) is 14.8 Å². The molecule has 0 radical (unpaired) electrons. The van der Waals surface area contributed by atoms with Crippen LogP contribution in [0.15, 0.2) is 55.0 Å². The smallest absolute Gasteiger partial charge is 0.359 e. The lowest BCUT2D eigenvalue weighted by atomic mass is 10.1. The van der Waals surface area contributed by atoms with Crippen molar-refractivity contribution in [2.75, 3.05) is 10.6 Å². The van der Waals surface area contributed by atoms with Crippen LogP contribution in [0.5, 0.6) is 0 Å². The van der Waals surface area contributed by atoms with Gasteiger partial charge in [0.2, 0.25) is 0 Å². The summed E-state index contributed by atoms with van der Waals surface area (Å²) in [6, 6.07) is 6.50. The van der Waals surface area contributed by atoms with Gasteiger partial charge in [0.05, 0.1) is 23.0 Å². The Morgan fingerprint density at radius 1 is 1.12 bits per heavy atom. The van der Waals surface area contributed by atoms with Crippen molar-refractivity contribution in [3.05, 3.63) is 66.4 Å². The number of aromatic nitrogens is 3. The van der Waals surface area contributed by atoms with Gasteiger partial charge in [-0.25, -0.2) is 9.18 Å². The summed E-state index contributed by atoms with van der Waals surface area (Å²) in [5.41, 5.74) is 1.18. The minimum atomic E-state index is -4.45. The molecule has 0 saturated heterocycles. The molecule has 32 heavy (non-hydrogen) atoms. The summed E-state index contributed by atoms with van der Waals surface area (Å²) in [4.78, 5) is 15.3. The number of H-pyrrole nitrogens is 1. The monoisotopic (exact) mass is 445 g/mol. The molecule has 0 fully saturated rings. The van der Waals surface area contributed by atoms with Gasteiger partial charge in [-0.2, -0.15) is 18.3 Å². The highest BCUT2D eigenvalue weighted by Crippen LogP contribution is 2.32. The molecule has 2 aromatic heterocycles. The number of alkyl halides is 3. The number of amides is 2. The number of aromatic amines is 1. The molecule has 2 aromatic carbocycles. The van der Waals surface area contributed by atoms with Gasteiger partial charge in [0.15, 0.2) is 0 Å². The van der Waals surface area contributed by atoms with E-state index in [0.29, 0.717) is 27.7 Å². The van der Waals surface area contributed by atoms with Crippen LogP contribution < -0.4 is 10.6 Å². The molecule has 4 rings (SSSR count). The minimum Gasteiger partial charge on any atom is -0.359 e.